The van der Waals surface area contributed by atoms with E-state index in [1.165, 1.54) is 0 Å². The van der Waals surface area contributed by atoms with Gasteiger partial charge in [-0.05, 0) is 44.5 Å². The number of rotatable bonds is 4. The Kier molecular flexibility index (Phi) is 5.15. The van der Waals surface area contributed by atoms with Crippen molar-refractivity contribution in [2.45, 2.75) is 26.7 Å². The first-order valence-electron chi connectivity index (χ1n) is 5.34. The zero-order valence-corrected chi connectivity index (χ0v) is 10.1. The summed E-state index contributed by atoms with van der Waals surface area (Å²) in [6.07, 6.45) is 1.80. The van der Waals surface area contributed by atoms with E-state index in [9.17, 15) is 0 Å². The molecule has 84 valence electrons. The molecule has 2 nitrogen and oxygen atoms in total. The van der Waals surface area contributed by atoms with Crippen LogP contribution in [0.2, 0.25) is 0 Å². The molecule has 2 heteroatoms. The van der Waals surface area contributed by atoms with Gasteiger partial charge in [-0.15, -0.1) is 11.8 Å². The molecule has 1 aromatic rings. The average molecular weight is 215 g/mol. The number of hydrogen-bond acceptors (Lipinski definition) is 2. The maximum Gasteiger partial charge on any atom is 0.119 e. The summed E-state index contributed by atoms with van der Waals surface area (Å²) in [6.45, 7) is 3.89. The minimum Gasteiger partial charge on any atom is -0.497 e. The van der Waals surface area contributed by atoms with Gasteiger partial charge in [0.25, 0.3) is 0 Å². The van der Waals surface area contributed by atoms with Gasteiger partial charge < -0.3 is 4.74 Å². The average Bonchev–Trinajstić information content (AvgIpc) is 2.30. The molecule has 0 saturated carbocycles. The van der Waals surface area contributed by atoms with Crippen molar-refractivity contribution in [2.24, 2.45) is 4.99 Å². The lowest BCUT2D eigenvalue weighted by atomic mass is 10.2. The molecule has 16 heavy (non-hydrogen) atoms. The van der Waals surface area contributed by atoms with Crippen LogP contribution in [0.5, 0.6) is 5.75 Å². The maximum atomic E-state index is 5.09. The normalized spacial score (nSPS) is 10.6. The zero-order chi connectivity index (χ0) is 11.8. The SMILES string of the molecule is CC#CCCC(C)=Nc1ccc(OC)cc1. The van der Waals surface area contributed by atoms with Gasteiger partial charge in [0, 0.05) is 12.1 Å². The predicted molar refractivity (Wildman–Crippen MR) is 68.4 cm³/mol. The van der Waals surface area contributed by atoms with Crippen molar-refractivity contribution in [2.75, 3.05) is 7.11 Å². The van der Waals surface area contributed by atoms with Crippen molar-refractivity contribution < 1.29 is 4.74 Å². The summed E-state index contributed by atoms with van der Waals surface area (Å²) in [6, 6.07) is 7.73. The van der Waals surface area contributed by atoms with Crippen molar-refractivity contribution in [3.63, 3.8) is 0 Å². The Morgan fingerprint density at radius 3 is 2.56 bits per heavy atom. The van der Waals surface area contributed by atoms with E-state index < -0.39 is 0 Å². The van der Waals surface area contributed by atoms with Crippen LogP contribution in [0.3, 0.4) is 0 Å². The summed E-state index contributed by atoms with van der Waals surface area (Å²) < 4.78 is 5.09. The van der Waals surface area contributed by atoms with Crippen LogP contribution in [0.1, 0.15) is 26.7 Å². The minimum absolute atomic E-state index is 0.855. The van der Waals surface area contributed by atoms with Gasteiger partial charge in [0.15, 0.2) is 0 Å². The van der Waals surface area contributed by atoms with Gasteiger partial charge >= 0.3 is 0 Å². The zero-order valence-electron chi connectivity index (χ0n) is 10.1. The summed E-state index contributed by atoms with van der Waals surface area (Å²) in [5.74, 6) is 6.77. The smallest absolute Gasteiger partial charge is 0.119 e. The highest BCUT2D eigenvalue weighted by molar-refractivity contribution is 5.84. The molecule has 0 spiro atoms. The van der Waals surface area contributed by atoms with E-state index >= 15 is 0 Å². The van der Waals surface area contributed by atoms with Crippen LogP contribution < -0.4 is 4.74 Å². The predicted octanol–water partition coefficient (Wildman–Crippen LogP) is 3.59. The Hall–Kier alpha value is -1.75. The highest BCUT2D eigenvalue weighted by atomic mass is 16.5. The second-order valence-corrected chi connectivity index (χ2v) is 3.47. The monoisotopic (exact) mass is 215 g/mol. The number of methoxy groups -OCH3 is 1. The molecule has 0 amide bonds. The third-order valence-corrected chi connectivity index (χ3v) is 2.18. The summed E-state index contributed by atoms with van der Waals surface area (Å²) in [5, 5.41) is 0. The molecule has 1 aromatic carbocycles. The van der Waals surface area contributed by atoms with E-state index in [0.717, 1.165) is 30.0 Å². The van der Waals surface area contributed by atoms with Crippen LogP contribution in [0.15, 0.2) is 29.3 Å². The molecule has 1 rings (SSSR count). The highest BCUT2D eigenvalue weighted by Gasteiger charge is 1.94. The van der Waals surface area contributed by atoms with E-state index in [1.54, 1.807) is 7.11 Å². The lowest BCUT2D eigenvalue weighted by molar-refractivity contribution is 0.415. The molecule has 0 heterocycles. The third kappa shape index (κ3) is 4.18. The van der Waals surface area contributed by atoms with Crippen molar-refractivity contribution in [3.8, 4) is 17.6 Å². The second-order valence-electron chi connectivity index (χ2n) is 3.47. The Labute approximate surface area is 97.4 Å². The molecule has 0 fully saturated rings. The van der Waals surface area contributed by atoms with Crippen LogP contribution >= 0.6 is 0 Å². The minimum atomic E-state index is 0.855. The Balaban J connectivity index is 2.61. The summed E-state index contributed by atoms with van der Waals surface area (Å²) in [4.78, 5) is 4.50. The number of hydrogen-bond donors (Lipinski definition) is 0. The molecule has 0 aliphatic heterocycles. The molecule has 0 unspecified atom stereocenters. The largest absolute Gasteiger partial charge is 0.497 e. The summed E-state index contributed by atoms with van der Waals surface area (Å²) in [5.41, 5.74) is 2.07. The van der Waals surface area contributed by atoms with Crippen molar-refractivity contribution in [3.05, 3.63) is 24.3 Å². The second kappa shape index (κ2) is 6.68. The molecule has 0 bridgehead atoms. The van der Waals surface area contributed by atoms with Crippen LogP contribution in [-0.4, -0.2) is 12.8 Å². The standard InChI is InChI=1S/C14H17NO/c1-4-5-6-7-12(2)15-13-8-10-14(16-3)11-9-13/h8-11H,6-7H2,1-3H3. The van der Waals surface area contributed by atoms with Gasteiger partial charge in [-0.3, -0.25) is 4.99 Å². The van der Waals surface area contributed by atoms with E-state index in [2.05, 4.69) is 16.8 Å². The Bertz CT molecular complexity index is 407. The number of benzene rings is 1. The van der Waals surface area contributed by atoms with Gasteiger partial charge in [0.05, 0.1) is 12.8 Å². The molecular weight excluding hydrogens is 198 g/mol. The fraction of sp³-hybridized carbons (Fsp3) is 0.357. The lowest BCUT2D eigenvalue weighted by Gasteiger charge is -2.00. The summed E-state index contributed by atoms with van der Waals surface area (Å²) >= 11 is 0. The molecule has 0 aliphatic rings. The lowest BCUT2D eigenvalue weighted by Crippen LogP contribution is -1.89. The van der Waals surface area contributed by atoms with Gasteiger partial charge in [-0.2, -0.15) is 0 Å². The van der Waals surface area contributed by atoms with E-state index in [0.29, 0.717) is 0 Å². The van der Waals surface area contributed by atoms with E-state index in [1.807, 2.05) is 38.1 Å². The van der Waals surface area contributed by atoms with Crippen LogP contribution in [0.25, 0.3) is 0 Å². The van der Waals surface area contributed by atoms with E-state index in [4.69, 9.17) is 4.74 Å². The third-order valence-electron chi connectivity index (χ3n) is 2.18. The summed E-state index contributed by atoms with van der Waals surface area (Å²) in [7, 11) is 1.66. The molecular formula is C14H17NO. The van der Waals surface area contributed by atoms with Crippen LogP contribution in [-0.2, 0) is 0 Å². The quantitative estimate of drug-likeness (QED) is 0.555. The molecule has 0 atom stereocenters. The topological polar surface area (TPSA) is 21.6 Å². The first-order chi connectivity index (χ1) is 7.76. The van der Waals surface area contributed by atoms with Gasteiger partial charge in [-0.1, -0.05) is 0 Å². The molecule has 0 aliphatic carbocycles. The van der Waals surface area contributed by atoms with Crippen molar-refractivity contribution >= 4 is 11.4 Å². The number of ether oxygens (including phenoxy) is 1. The van der Waals surface area contributed by atoms with Crippen LogP contribution in [0, 0.1) is 11.8 Å². The van der Waals surface area contributed by atoms with Gasteiger partial charge in [-0.25, -0.2) is 0 Å². The van der Waals surface area contributed by atoms with E-state index in [-0.39, 0.29) is 0 Å². The molecule has 0 radical (unpaired) electrons. The number of nitrogens with zero attached hydrogens (tertiary/aromatic N) is 1. The molecule has 0 saturated heterocycles. The van der Waals surface area contributed by atoms with Crippen molar-refractivity contribution in [1.82, 2.24) is 0 Å². The van der Waals surface area contributed by atoms with Gasteiger partial charge in [0.2, 0.25) is 0 Å². The number of aliphatic imine (C=N–C) groups is 1. The molecule has 0 aromatic heterocycles. The van der Waals surface area contributed by atoms with Gasteiger partial charge in [0.1, 0.15) is 5.75 Å². The Morgan fingerprint density at radius 1 is 1.31 bits per heavy atom. The first kappa shape index (κ1) is 12.3. The molecule has 0 N–H and O–H groups in total. The maximum absolute atomic E-state index is 5.09. The Morgan fingerprint density at radius 2 is 2.00 bits per heavy atom. The fourth-order valence-corrected chi connectivity index (χ4v) is 1.30. The fourth-order valence-electron chi connectivity index (χ4n) is 1.30. The van der Waals surface area contributed by atoms with Crippen molar-refractivity contribution in [1.29, 1.82) is 0 Å². The highest BCUT2D eigenvalue weighted by Crippen LogP contribution is 2.18. The van der Waals surface area contributed by atoms with Crippen LogP contribution in [0.4, 0.5) is 5.69 Å². The first-order valence-corrected chi connectivity index (χ1v) is 5.34.